The van der Waals surface area contributed by atoms with E-state index in [0.29, 0.717) is 11.5 Å². The van der Waals surface area contributed by atoms with E-state index in [1.165, 1.54) is 0 Å². The lowest BCUT2D eigenvalue weighted by atomic mass is 10.2. The van der Waals surface area contributed by atoms with E-state index in [4.69, 9.17) is 0 Å². The number of nitrogens with one attached hydrogen (secondary N) is 2. The van der Waals surface area contributed by atoms with Crippen molar-refractivity contribution < 1.29 is 4.79 Å². The van der Waals surface area contributed by atoms with Crippen molar-refractivity contribution in [3.05, 3.63) is 35.8 Å². The standard InChI is InChI=1S/C11H14N4O/c1-3-8-7-12-14-10(8)13-11(16)9-5-4-6-15(9)2/h4-7H,3H2,1-2H3,(H2,12,13,14,16). The number of hydrogen-bond donors (Lipinski definition) is 2. The maximum absolute atomic E-state index is 11.9. The summed E-state index contributed by atoms with van der Waals surface area (Å²) in [4.78, 5) is 11.9. The monoisotopic (exact) mass is 218 g/mol. The van der Waals surface area contributed by atoms with Crippen molar-refractivity contribution in [1.82, 2.24) is 14.8 Å². The van der Waals surface area contributed by atoms with Crippen molar-refractivity contribution in [1.29, 1.82) is 0 Å². The molecule has 0 saturated heterocycles. The third-order valence-corrected chi connectivity index (χ3v) is 2.51. The molecule has 0 saturated carbocycles. The van der Waals surface area contributed by atoms with E-state index in [-0.39, 0.29) is 5.91 Å². The molecule has 5 nitrogen and oxygen atoms in total. The van der Waals surface area contributed by atoms with Crippen LogP contribution in [0.25, 0.3) is 0 Å². The topological polar surface area (TPSA) is 62.7 Å². The van der Waals surface area contributed by atoms with E-state index < -0.39 is 0 Å². The first-order valence-electron chi connectivity index (χ1n) is 5.17. The Morgan fingerprint density at radius 1 is 1.62 bits per heavy atom. The Labute approximate surface area is 93.5 Å². The van der Waals surface area contributed by atoms with Gasteiger partial charge >= 0.3 is 0 Å². The fourth-order valence-corrected chi connectivity index (χ4v) is 1.56. The molecule has 2 heterocycles. The lowest BCUT2D eigenvalue weighted by Gasteiger charge is -2.05. The summed E-state index contributed by atoms with van der Waals surface area (Å²) in [5.41, 5.74) is 1.62. The average Bonchev–Trinajstić information content (AvgIpc) is 2.86. The Kier molecular flexibility index (Phi) is 2.76. The van der Waals surface area contributed by atoms with Gasteiger partial charge in [0.25, 0.3) is 5.91 Å². The molecule has 0 fully saturated rings. The average molecular weight is 218 g/mol. The molecule has 2 N–H and O–H groups in total. The van der Waals surface area contributed by atoms with E-state index in [2.05, 4.69) is 15.5 Å². The van der Waals surface area contributed by atoms with E-state index in [1.807, 2.05) is 26.2 Å². The Bertz CT molecular complexity index is 498. The normalized spacial score (nSPS) is 10.4. The number of aromatic nitrogens is 3. The minimum Gasteiger partial charge on any atom is -0.347 e. The number of carbonyl (C=O) groups excluding carboxylic acids is 1. The molecule has 0 aliphatic carbocycles. The second-order valence-electron chi connectivity index (χ2n) is 3.58. The first-order valence-corrected chi connectivity index (χ1v) is 5.17. The quantitative estimate of drug-likeness (QED) is 0.821. The van der Waals surface area contributed by atoms with Gasteiger partial charge < -0.3 is 9.88 Å². The minimum absolute atomic E-state index is 0.133. The Morgan fingerprint density at radius 2 is 2.44 bits per heavy atom. The van der Waals surface area contributed by atoms with Gasteiger partial charge in [0.15, 0.2) is 0 Å². The zero-order valence-electron chi connectivity index (χ0n) is 9.32. The molecule has 0 bridgehead atoms. The minimum atomic E-state index is -0.133. The summed E-state index contributed by atoms with van der Waals surface area (Å²) < 4.78 is 1.78. The van der Waals surface area contributed by atoms with Crippen molar-refractivity contribution in [2.45, 2.75) is 13.3 Å². The van der Waals surface area contributed by atoms with Crippen LogP contribution in [0.1, 0.15) is 23.0 Å². The highest BCUT2D eigenvalue weighted by Crippen LogP contribution is 2.12. The first-order chi connectivity index (χ1) is 7.72. The molecule has 0 radical (unpaired) electrons. The fourth-order valence-electron chi connectivity index (χ4n) is 1.56. The third-order valence-electron chi connectivity index (χ3n) is 2.51. The number of aromatic amines is 1. The van der Waals surface area contributed by atoms with E-state index in [9.17, 15) is 4.79 Å². The second kappa shape index (κ2) is 4.22. The lowest BCUT2D eigenvalue weighted by molar-refractivity contribution is 0.101. The van der Waals surface area contributed by atoms with Crippen LogP contribution in [-0.2, 0) is 13.5 Å². The van der Waals surface area contributed by atoms with Gasteiger partial charge in [-0.1, -0.05) is 6.92 Å². The van der Waals surface area contributed by atoms with Gasteiger partial charge in [-0.15, -0.1) is 0 Å². The van der Waals surface area contributed by atoms with Crippen LogP contribution in [0.15, 0.2) is 24.5 Å². The summed E-state index contributed by atoms with van der Waals surface area (Å²) >= 11 is 0. The van der Waals surface area contributed by atoms with Crippen LogP contribution in [0, 0.1) is 0 Å². The van der Waals surface area contributed by atoms with Gasteiger partial charge in [0.05, 0.1) is 6.20 Å². The molecule has 2 aromatic rings. The van der Waals surface area contributed by atoms with Crippen LogP contribution < -0.4 is 5.32 Å². The number of aryl methyl sites for hydroxylation is 2. The summed E-state index contributed by atoms with van der Waals surface area (Å²) in [5, 5.41) is 9.49. The van der Waals surface area contributed by atoms with Crippen molar-refractivity contribution in [3.63, 3.8) is 0 Å². The Hall–Kier alpha value is -2.04. The van der Waals surface area contributed by atoms with Crippen molar-refractivity contribution in [2.24, 2.45) is 7.05 Å². The molecule has 0 atom stereocenters. The maximum Gasteiger partial charge on any atom is 0.273 e. The highest BCUT2D eigenvalue weighted by atomic mass is 16.2. The van der Waals surface area contributed by atoms with Crippen LogP contribution in [0.3, 0.4) is 0 Å². The van der Waals surface area contributed by atoms with Gasteiger partial charge in [0, 0.05) is 18.8 Å². The molecular weight excluding hydrogens is 204 g/mol. The number of amides is 1. The lowest BCUT2D eigenvalue weighted by Crippen LogP contribution is -2.16. The zero-order valence-corrected chi connectivity index (χ0v) is 9.32. The summed E-state index contributed by atoms with van der Waals surface area (Å²) in [6, 6.07) is 3.61. The van der Waals surface area contributed by atoms with Gasteiger partial charge in [-0.2, -0.15) is 5.10 Å². The van der Waals surface area contributed by atoms with E-state index >= 15 is 0 Å². The summed E-state index contributed by atoms with van der Waals surface area (Å²) in [5.74, 6) is 0.542. The molecule has 0 aromatic carbocycles. The SMILES string of the molecule is CCc1cn[nH]c1NC(=O)c1cccn1C. The summed E-state index contributed by atoms with van der Waals surface area (Å²) in [7, 11) is 1.84. The van der Waals surface area contributed by atoms with E-state index in [0.717, 1.165) is 12.0 Å². The molecular formula is C11H14N4O. The second-order valence-corrected chi connectivity index (χ2v) is 3.58. The molecule has 0 aliphatic heterocycles. The number of anilines is 1. The molecule has 0 unspecified atom stereocenters. The molecule has 2 aromatic heterocycles. The maximum atomic E-state index is 11.9. The molecule has 1 amide bonds. The summed E-state index contributed by atoms with van der Waals surface area (Å²) in [6.45, 7) is 2.02. The van der Waals surface area contributed by atoms with Crippen LogP contribution in [0.5, 0.6) is 0 Å². The third kappa shape index (κ3) is 1.84. The van der Waals surface area contributed by atoms with Gasteiger partial charge in [-0.3, -0.25) is 9.89 Å². The number of hydrogen-bond acceptors (Lipinski definition) is 2. The predicted octanol–water partition coefficient (Wildman–Crippen LogP) is 1.56. The number of nitrogens with zero attached hydrogens (tertiary/aromatic N) is 2. The van der Waals surface area contributed by atoms with Crippen LogP contribution in [0.2, 0.25) is 0 Å². The van der Waals surface area contributed by atoms with Crippen molar-refractivity contribution in [2.75, 3.05) is 5.32 Å². The Balaban J connectivity index is 2.17. The molecule has 0 aliphatic rings. The Morgan fingerprint density at radius 3 is 3.06 bits per heavy atom. The van der Waals surface area contributed by atoms with Gasteiger partial charge in [0.1, 0.15) is 11.5 Å². The fraction of sp³-hybridized carbons (Fsp3) is 0.273. The van der Waals surface area contributed by atoms with Gasteiger partial charge in [0.2, 0.25) is 0 Å². The largest absolute Gasteiger partial charge is 0.347 e. The van der Waals surface area contributed by atoms with Crippen molar-refractivity contribution >= 4 is 11.7 Å². The molecule has 84 valence electrons. The highest BCUT2D eigenvalue weighted by Gasteiger charge is 2.11. The molecule has 2 rings (SSSR count). The molecule has 0 spiro atoms. The molecule has 5 heteroatoms. The van der Waals surface area contributed by atoms with Gasteiger partial charge in [-0.05, 0) is 18.6 Å². The van der Waals surface area contributed by atoms with Crippen LogP contribution in [0.4, 0.5) is 5.82 Å². The number of H-pyrrole nitrogens is 1. The number of carbonyl (C=O) groups is 1. The van der Waals surface area contributed by atoms with Gasteiger partial charge in [-0.25, -0.2) is 0 Å². The smallest absolute Gasteiger partial charge is 0.273 e. The number of rotatable bonds is 3. The predicted molar refractivity (Wildman–Crippen MR) is 61.3 cm³/mol. The summed E-state index contributed by atoms with van der Waals surface area (Å²) in [6.07, 6.45) is 4.39. The molecule has 16 heavy (non-hydrogen) atoms. The zero-order chi connectivity index (χ0) is 11.5. The van der Waals surface area contributed by atoms with Crippen molar-refractivity contribution in [3.8, 4) is 0 Å². The highest BCUT2D eigenvalue weighted by molar-refractivity contribution is 6.02. The van der Waals surface area contributed by atoms with Crippen LogP contribution >= 0.6 is 0 Å². The first kappa shape index (κ1) is 10.5. The van der Waals surface area contributed by atoms with E-state index in [1.54, 1.807) is 16.8 Å². The van der Waals surface area contributed by atoms with Crippen LogP contribution in [-0.4, -0.2) is 20.7 Å².